The fourth-order valence-corrected chi connectivity index (χ4v) is 2.45. The van der Waals surface area contributed by atoms with Gasteiger partial charge in [0.25, 0.3) is 5.91 Å². The van der Waals surface area contributed by atoms with Crippen LogP contribution >= 0.6 is 11.6 Å². The zero-order chi connectivity index (χ0) is 16.4. The van der Waals surface area contributed by atoms with Crippen molar-refractivity contribution in [1.29, 1.82) is 0 Å². The van der Waals surface area contributed by atoms with Crippen molar-refractivity contribution in [3.8, 4) is 0 Å². The summed E-state index contributed by atoms with van der Waals surface area (Å²) in [5.41, 5.74) is 2.41. The van der Waals surface area contributed by atoms with Gasteiger partial charge < -0.3 is 5.32 Å². The van der Waals surface area contributed by atoms with E-state index in [1.54, 1.807) is 16.8 Å². The highest BCUT2D eigenvalue weighted by Gasteiger charge is 2.11. The van der Waals surface area contributed by atoms with E-state index < -0.39 is 5.82 Å². The van der Waals surface area contributed by atoms with Gasteiger partial charge in [0.1, 0.15) is 11.3 Å². The molecule has 23 heavy (non-hydrogen) atoms. The minimum Gasteiger partial charge on any atom is -0.322 e. The fraction of sp³-hybridized carbons (Fsp3) is 0.188. The molecule has 1 amide bonds. The zero-order valence-electron chi connectivity index (χ0n) is 12.4. The molecule has 2 aromatic carbocycles. The molecular formula is C16H14ClFN4O. The number of fused-ring (bicyclic) bond motifs is 1. The number of amides is 1. The molecule has 0 bridgehead atoms. The van der Waals surface area contributed by atoms with Crippen LogP contribution in [0.15, 0.2) is 36.4 Å². The predicted molar refractivity (Wildman–Crippen MR) is 87.2 cm³/mol. The van der Waals surface area contributed by atoms with Gasteiger partial charge in [-0.1, -0.05) is 23.7 Å². The first-order chi connectivity index (χ1) is 11.1. The highest BCUT2D eigenvalue weighted by molar-refractivity contribution is 6.31. The normalized spacial score (nSPS) is 10.9. The second-order valence-corrected chi connectivity index (χ2v) is 5.51. The lowest BCUT2D eigenvalue weighted by Crippen LogP contribution is -2.11. The van der Waals surface area contributed by atoms with Crippen molar-refractivity contribution in [2.75, 3.05) is 5.32 Å². The summed E-state index contributed by atoms with van der Waals surface area (Å²) in [5.74, 6) is -0.849. The Morgan fingerprint density at radius 1 is 1.30 bits per heavy atom. The van der Waals surface area contributed by atoms with E-state index in [1.165, 1.54) is 18.2 Å². The first-order valence-electron chi connectivity index (χ1n) is 7.18. The lowest BCUT2D eigenvalue weighted by Gasteiger charge is -2.06. The van der Waals surface area contributed by atoms with Gasteiger partial charge in [0, 0.05) is 17.8 Å². The van der Waals surface area contributed by atoms with Gasteiger partial charge in [0.15, 0.2) is 0 Å². The molecule has 5 nitrogen and oxygen atoms in total. The van der Waals surface area contributed by atoms with Crippen LogP contribution in [0.5, 0.6) is 0 Å². The standard InChI is InChI=1S/C16H14ClFN4O/c1-2-7-22-15-6-3-10(8-14(15)20-21-22)16(23)19-11-4-5-13(18)12(17)9-11/h3-6,8-9H,2,7H2,1H3,(H,19,23). The molecule has 0 saturated carbocycles. The van der Waals surface area contributed by atoms with Crippen LogP contribution < -0.4 is 5.32 Å². The summed E-state index contributed by atoms with van der Waals surface area (Å²) in [7, 11) is 0. The number of nitrogens with one attached hydrogen (secondary N) is 1. The third kappa shape index (κ3) is 3.17. The summed E-state index contributed by atoms with van der Waals surface area (Å²) in [6, 6.07) is 9.22. The van der Waals surface area contributed by atoms with Crippen molar-refractivity contribution >= 4 is 34.2 Å². The van der Waals surface area contributed by atoms with Crippen LogP contribution in [0.3, 0.4) is 0 Å². The Hall–Kier alpha value is -2.47. The number of nitrogens with zero attached hydrogens (tertiary/aromatic N) is 3. The number of halogens is 2. The first kappa shape index (κ1) is 15.4. The van der Waals surface area contributed by atoms with Gasteiger partial charge in [-0.25, -0.2) is 9.07 Å². The van der Waals surface area contributed by atoms with Crippen LogP contribution in [0.1, 0.15) is 23.7 Å². The maximum Gasteiger partial charge on any atom is 0.255 e. The third-order valence-corrected chi connectivity index (χ3v) is 3.68. The maximum atomic E-state index is 13.1. The highest BCUT2D eigenvalue weighted by Crippen LogP contribution is 2.20. The SMILES string of the molecule is CCCn1nnc2cc(C(=O)Nc3ccc(F)c(Cl)c3)ccc21. The van der Waals surface area contributed by atoms with E-state index in [1.807, 2.05) is 6.07 Å². The molecule has 3 aromatic rings. The number of hydrogen-bond acceptors (Lipinski definition) is 3. The quantitative estimate of drug-likeness (QED) is 0.788. The highest BCUT2D eigenvalue weighted by atomic mass is 35.5. The molecule has 0 atom stereocenters. The Morgan fingerprint density at radius 2 is 2.13 bits per heavy atom. The number of aromatic nitrogens is 3. The van der Waals surface area contributed by atoms with Crippen molar-refractivity contribution in [2.45, 2.75) is 19.9 Å². The molecule has 0 aliphatic rings. The van der Waals surface area contributed by atoms with Gasteiger partial charge in [0.2, 0.25) is 0 Å². The van der Waals surface area contributed by atoms with E-state index >= 15 is 0 Å². The second-order valence-electron chi connectivity index (χ2n) is 5.10. The van der Waals surface area contributed by atoms with Crippen molar-refractivity contribution in [2.24, 2.45) is 0 Å². The van der Waals surface area contributed by atoms with Gasteiger partial charge in [-0.2, -0.15) is 0 Å². The fourth-order valence-electron chi connectivity index (χ4n) is 2.27. The average molecular weight is 333 g/mol. The molecule has 0 fully saturated rings. The predicted octanol–water partition coefficient (Wildman–Crippen LogP) is 3.89. The number of carbonyl (C=O) groups excluding carboxylic acids is 1. The van der Waals surface area contributed by atoms with Crippen LogP contribution in [-0.4, -0.2) is 20.9 Å². The van der Waals surface area contributed by atoms with E-state index in [-0.39, 0.29) is 10.9 Å². The zero-order valence-corrected chi connectivity index (χ0v) is 13.1. The Kier molecular flexibility index (Phi) is 4.25. The summed E-state index contributed by atoms with van der Waals surface area (Å²) in [4.78, 5) is 12.3. The van der Waals surface area contributed by atoms with Gasteiger partial charge >= 0.3 is 0 Å². The van der Waals surface area contributed by atoms with Crippen LogP contribution in [0, 0.1) is 5.82 Å². The van der Waals surface area contributed by atoms with Crippen LogP contribution in [0.2, 0.25) is 5.02 Å². The summed E-state index contributed by atoms with van der Waals surface area (Å²) in [6.45, 7) is 2.83. The summed E-state index contributed by atoms with van der Waals surface area (Å²) >= 11 is 5.71. The largest absolute Gasteiger partial charge is 0.322 e. The Balaban J connectivity index is 1.84. The van der Waals surface area contributed by atoms with Gasteiger partial charge in [-0.15, -0.1) is 5.10 Å². The molecule has 3 rings (SSSR count). The smallest absolute Gasteiger partial charge is 0.255 e. The third-order valence-electron chi connectivity index (χ3n) is 3.39. The molecule has 0 saturated heterocycles. The van der Waals surface area contributed by atoms with Gasteiger partial charge in [0.05, 0.1) is 10.5 Å². The molecule has 0 unspecified atom stereocenters. The van der Waals surface area contributed by atoms with Crippen molar-refractivity contribution < 1.29 is 9.18 Å². The molecule has 0 radical (unpaired) electrons. The Morgan fingerprint density at radius 3 is 2.87 bits per heavy atom. The van der Waals surface area contributed by atoms with Crippen LogP contribution in [-0.2, 0) is 6.54 Å². The summed E-state index contributed by atoms with van der Waals surface area (Å²) in [5, 5.41) is 10.8. The van der Waals surface area contributed by atoms with E-state index in [9.17, 15) is 9.18 Å². The lowest BCUT2D eigenvalue weighted by molar-refractivity contribution is 0.102. The molecule has 0 spiro atoms. The van der Waals surface area contributed by atoms with Gasteiger partial charge in [-0.3, -0.25) is 4.79 Å². The van der Waals surface area contributed by atoms with E-state index in [2.05, 4.69) is 22.6 Å². The summed E-state index contributed by atoms with van der Waals surface area (Å²) < 4.78 is 14.9. The molecule has 1 aromatic heterocycles. The molecular weight excluding hydrogens is 319 g/mol. The van der Waals surface area contributed by atoms with Crippen molar-refractivity contribution in [3.63, 3.8) is 0 Å². The monoisotopic (exact) mass is 332 g/mol. The molecule has 0 aliphatic carbocycles. The summed E-state index contributed by atoms with van der Waals surface area (Å²) in [6.07, 6.45) is 0.950. The lowest BCUT2D eigenvalue weighted by atomic mass is 10.1. The molecule has 1 heterocycles. The number of anilines is 1. The first-order valence-corrected chi connectivity index (χ1v) is 7.56. The Labute approximate surface area is 137 Å². The topological polar surface area (TPSA) is 59.8 Å². The number of benzene rings is 2. The van der Waals surface area contributed by atoms with E-state index in [0.29, 0.717) is 16.8 Å². The van der Waals surface area contributed by atoms with Crippen molar-refractivity contribution in [1.82, 2.24) is 15.0 Å². The van der Waals surface area contributed by atoms with Crippen LogP contribution in [0.4, 0.5) is 10.1 Å². The van der Waals surface area contributed by atoms with Crippen LogP contribution in [0.25, 0.3) is 11.0 Å². The molecule has 7 heteroatoms. The number of aryl methyl sites for hydroxylation is 1. The van der Waals surface area contributed by atoms with Crippen molar-refractivity contribution in [3.05, 3.63) is 52.8 Å². The maximum absolute atomic E-state index is 13.1. The van der Waals surface area contributed by atoms with E-state index in [4.69, 9.17) is 11.6 Å². The molecule has 0 aliphatic heterocycles. The average Bonchev–Trinajstić information content (AvgIpc) is 2.94. The number of carbonyl (C=O) groups is 1. The minimum atomic E-state index is -0.529. The van der Waals surface area contributed by atoms with Gasteiger partial charge in [-0.05, 0) is 42.8 Å². The number of hydrogen-bond donors (Lipinski definition) is 1. The minimum absolute atomic E-state index is 0.0410. The molecule has 118 valence electrons. The second kappa shape index (κ2) is 6.34. The molecule has 1 N–H and O–H groups in total. The van der Waals surface area contributed by atoms with E-state index in [0.717, 1.165) is 18.5 Å². The number of rotatable bonds is 4. The Bertz CT molecular complexity index is 878.